The summed E-state index contributed by atoms with van der Waals surface area (Å²) in [4.78, 5) is 11.8. The van der Waals surface area contributed by atoms with Gasteiger partial charge in [0.15, 0.2) is 6.67 Å². The van der Waals surface area contributed by atoms with Crippen LogP contribution in [0, 0.1) is 24.0 Å². The van der Waals surface area contributed by atoms with Gasteiger partial charge in [-0.15, -0.1) is 0 Å². The van der Waals surface area contributed by atoms with Crippen LogP contribution in [0.4, 0.5) is 5.69 Å². The van der Waals surface area contributed by atoms with Gasteiger partial charge in [0.05, 0.1) is 12.0 Å². The molecule has 1 heterocycles. The first-order chi connectivity index (χ1) is 9.49. The van der Waals surface area contributed by atoms with Crippen molar-refractivity contribution in [2.75, 3.05) is 7.05 Å². The lowest BCUT2D eigenvalue weighted by atomic mass is 10.2. The Balaban J connectivity index is 2.10. The van der Waals surface area contributed by atoms with E-state index in [0.29, 0.717) is 18.1 Å². The molecule has 0 radical (unpaired) electrons. The Hall–Kier alpha value is -2.21. The molecule has 106 valence electrons. The second-order valence-corrected chi connectivity index (χ2v) is 5.05. The van der Waals surface area contributed by atoms with E-state index in [1.165, 1.54) is 10.5 Å². The van der Waals surface area contributed by atoms with E-state index < -0.39 is 0 Å². The number of hydrogen-bond donors (Lipinski definition) is 1. The zero-order valence-corrected chi connectivity index (χ0v) is 12.0. The molecule has 0 saturated carbocycles. The number of aryl methyl sites for hydroxylation is 1. The maximum Gasteiger partial charge on any atom is 0.312 e. The molecule has 1 unspecified atom stereocenters. The first kappa shape index (κ1) is 14.2. The van der Waals surface area contributed by atoms with Crippen LogP contribution in [-0.4, -0.2) is 21.8 Å². The zero-order chi connectivity index (χ0) is 14.7. The van der Waals surface area contributed by atoms with Gasteiger partial charge in [-0.3, -0.25) is 10.1 Å². The van der Waals surface area contributed by atoms with Crippen molar-refractivity contribution in [3.05, 3.63) is 57.4 Å². The van der Waals surface area contributed by atoms with Crippen LogP contribution in [0.1, 0.15) is 17.0 Å². The van der Waals surface area contributed by atoms with Gasteiger partial charge in [0.25, 0.3) is 0 Å². The first-order valence-corrected chi connectivity index (χ1v) is 6.52. The van der Waals surface area contributed by atoms with E-state index in [2.05, 4.69) is 24.3 Å². The van der Waals surface area contributed by atoms with Gasteiger partial charge in [0.1, 0.15) is 17.9 Å². The van der Waals surface area contributed by atoms with Crippen LogP contribution < -0.4 is 4.90 Å². The van der Waals surface area contributed by atoms with E-state index in [4.69, 9.17) is 0 Å². The number of nitro groups is 1. The van der Waals surface area contributed by atoms with E-state index >= 15 is 0 Å². The molecule has 0 fully saturated rings. The number of nitrogens with zero attached hydrogens (tertiary/aromatic N) is 3. The summed E-state index contributed by atoms with van der Waals surface area (Å²) in [5.74, 6) is 0. The summed E-state index contributed by atoms with van der Waals surface area (Å²) in [5, 5.41) is 15.2. The van der Waals surface area contributed by atoms with Gasteiger partial charge in [-0.1, -0.05) is 30.3 Å². The molecular weight excluding hydrogens is 256 g/mol. The van der Waals surface area contributed by atoms with Crippen molar-refractivity contribution < 1.29 is 9.82 Å². The minimum Gasteiger partial charge on any atom is -0.315 e. The lowest BCUT2D eigenvalue weighted by Gasteiger charge is -2.14. The van der Waals surface area contributed by atoms with Gasteiger partial charge in [-0.2, -0.15) is 5.10 Å². The Morgan fingerprint density at radius 2 is 1.95 bits per heavy atom. The van der Waals surface area contributed by atoms with Gasteiger partial charge in [0.2, 0.25) is 0 Å². The van der Waals surface area contributed by atoms with E-state index in [1.54, 1.807) is 18.5 Å². The quantitative estimate of drug-likeness (QED) is 0.656. The van der Waals surface area contributed by atoms with Crippen molar-refractivity contribution in [2.24, 2.45) is 0 Å². The van der Waals surface area contributed by atoms with Crippen LogP contribution in [0.5, 0.6) is 0 Å². The number of nitrogens with one attached hydrogen (secondary N) is 1. The molecule has 2 aromatic rings. The molecule has 0 amide bonds. The number of aromatic nitrogens is 2. The standard InChI is InChI=1S/C14H18N4O2/c1-11-14(18(19)20)12(2)17(15-11)10-16(3)9-13-7-5-4-6-8-13/h4-8H,9-10H2,1-3H3/p+1. The molecule has 0 aliphatic rings. The Labute approximate surface area is 117 Å². The molecule has 2 rings (SSSR count). The maximum atomic E-state index is 11.0. The molecule has 1 aromatic heterocycles. The predicted octanol–water partition coefficient (Wildman–Crippen LogP) is 1.08. The van der Waals surface area contributed by atoms with Crippen LogP contribution in [0.2, 0.25) is 0 Å². The van der Waals surface area contributed by atoms with E-state index in [1.807, 2.05) is 18.2 Å². The minimum atomic E-state index is -0.360. The van der Waals surface area contributed by atoms with Gasteiger partial charge in [-0.05, 0) is 13.8 Å². The predicted molar refractivity (Wildman–Crippen MR) is 75.4 cm³/mol. The summed E-state index contributed by atoms with van der Waals surface area (Å²) in [7, 11) is 2.05. The average Bonchev–Trinajstić information content (AvgIpc) is 2.65. The lowest BCUT2D eigenvalue weighted by Crippen LogP contribution is -3.07. The Morgan fingerprint density at radius 1 is 1.30 bits per heavy atom. The summed E-state index contributed by atoms with van der Waals surface area (Å²) < 4.78 is 1.71. The normalized spacial score (nSPS) is 12.3. The fraction of sp³-hybridized carbons (Fsp3) is 0.357. The molecule has 1 N–H and O–H groups in total. The fourth-order valence-electron chi connectivity index (χ4n) is 2.36. The van der Waals surface area contributed by atoms with Crippen LogP contribution >= 0.6 is 0 Å². The Kier molecular flexibility index (Phi) is 4.14. The van der Waals surface area contributed by atoms with Crippen molar-refractivity contribution in [3.63, 3.8) is 0 Å². The number of quaternary nitrogens is 1. The first-order valence-electron chi connectivity index (χ1n) is 6.52. The molecule has 1 atom stereocenters. The van der Waals surface area contributed by atoms with E-state index in [0.717, 1.165) is 6.54 Å². The highest BCUT2D eigenvalue weighted by molar-refractivity contribution is 5.39. The topological polar surface area (TPSA) is 65.4 Å². The van der Waals surface area contributed by atoms with Crippen molar-refractivity contribution in [1.82, 2.24) is 9.78 Å². The third-order valence-corrected chi connectivity index (χ3v) is 3.29. The van der Waals surface area contributed by atoms with Crippen molar-refractivity contribution in [2.45, 2.75) is 27.1 Å². The summed E-state index contributed by atoms with van der Waals surface area (Å²) in [6.07, 6.45) is 0. The van der Waals surface area contributed by atoms with E-state index in [-0.39, 0.29) is 10.6 Å². The molecule has 6 nitrogen and oxygen atoms in total. The second kappa shape index (κ2) is 5.83. The molecule has 6 heteroatoms. The Bertz CT molecular complexity index is 607. The highest BCUT2D eigenvalue weighted by Gasteiger charge is 2.22. The molecule has 20 heavy (non-hydrogen) atoms. The van der Waals surface area contributed by atoms with E-state index in [9.17, 15) is 10.1 Å². The largest absolute Gasteiger partial charge is 0.315 e. The molecule has 0 bridgehead atoms. The maximum absolute atomic E-state index is 11.0. The molecular formula is C14H19N4O2+. The van der Waals surface area contributed by atoms with Crippen molar-refractivity contribution >= 4 is 5.69 Å². The minimum absolute atomic E-state index is 0.123. The van der Waals surface area contributed by atoms with Crippen LogP contribution in [0.3, 0.4) is 0 Å². The van der Waals surface area contributed by atoms with Gasteiger partial charge >= 0.3 is 5.69 Å². The third-order valence-electron chi connectivity index (χ3n) is 3.29. The van der Waals surface area contributed by atoms with Gasteiger partial charge < -0.3 is 4.90 Å². The SMILES string of the molecule is Cc1nn(C[NH+](C)Cc2ccccc2)c(C)c1[N+](=O)[O-]. The summed E-state index contributed by atoms with van der Waals surface area (Å²) in [6.45, 7) is 4.88. The smallest absolute Gasteiger partial charge is 0.312 e. The third kappa shape index (κ3) is 3.03. The number of hydrogen-bond acceptors (Lipinski definition) is 3. The number of rotatable bonds is 5. The average molecular weight is 275 g/mol. The zero-order valence-electron chi connectivity index (χ0n) is 12.0. The summed E-state index contributed by atoms with van der Waals surface area (Å²) in [6, 6.07) is 10.2. The molecule has 0 saturated heterocycles. The molecule has 1 aromatic carbocycles. The van der Waals surface area contributed by atoms with Crippen LogP contribution in [-0.2, 0) is 13.2 Å². The molecule has 0 aliphatic heterocycles. The lowest BCUT2D eigenvalue weighted by molar-refractivity contribution is -0.917. The highest BCUT2D eigenvalue weighted by atomic mass is 16.6. The van der Waals surface area contributed by atoms with Crippen molar-refractivity contribution in [3.8, 4) is 0 Å². The fourth-order valence-corrected chi connectivity index (χ4v) is 2.36. The van der Waals surface area contributed by atoms with Crippen LogP contribution in [0.15, 0.2) is 30.3 Å². The summed E-state index contributed by atoms with van der Waals surface area (Å²) in [5.41, 5.74) is 2.44. The second-order valence-electron chi connectivity index (χ2n) is 5.05. The monoisotopic (exact) mass is 275 g/mol. The van der Waals surface area contributed by atoms with Gasteiger partial charge in [-0.25, -0.2) is 4.68 Å². The molecule has 0 aliphatic carbocycles. The molecule has 0 spiro atoms. The summed E-state index contributed by atoms with van der Waals surface area (Å²) >= 11 is 0. The van der Waals surface area contributed by atoms with Crippen LogP contribution in [0.25, 0.3) is 0 Å². The number of benzene rings is 1. The van der Waals surface area contributed by atoms with Gasteiger partial charge in [0, 0.05) is 5.56 Å². The van der Waals surface area contributed by atoms with Crippen molar-refractivity contribution in [1.29, 1.82) is 0 Å². The highest BCUT2D eigenvalue weighted by Crippen LogP contribution is 2.20. The Morgan fingerprint density at radius 3 is 2.50 bits per heavy atom.